The maximum Gasteiger partial charge on any atom is 0.428 e. The number of aromatic nitrogens is 4. The van der Waals surface area contributed by atoms with Gasteiger partial charge in [0.25, 0.3) is 0 Å². The van der Waals surface area contributed by atoms with Gasteiger partial charge in [0.15, 0.2) is 0 Å². The van der Waals surface area contributed by atoms with Crippen LogP contribution >= 0.6 is 11.3 Å². The summed E-state index contributed by atoms with van der Waals surface area (Å²) >= 11 is 1.75. The fraction of sp³-hybridized carbons (Fsp3) is 0. The van der Waals surface area contributed by atoms with Crippen LogP contribution < -0.4 is 13.7 Å². The zero-order valence-electron chi connectivity index (χ0n) is 23.3. The number of thiazole rings is 1. The lowest BCUT2D eigenvalue weighted by molar-refractivity contribution is -0.858. The first-order valence-corrected chi connectivity index (χ1v) is 15.1. The first-order valence-electron chi connectivity index (χ1n) is 14.3. The van der Waals surface area contributed by atoms with Crippen molar-refractivity contribution in [1.29, 1.82) is 0 Å². The third kappa shape index (κ3) is 4.86. The summed E-state index contributed by atoms with van der Waals surface area (Å²) in [5.74, 6) is 0. The van der Waals surface area contributed by atoms with E-state index in [4.69, 9.17) is 4.98 Å². The summed E-state index contributed by atoms with van der Waals surface area (Å²) in [5, 5.41) is 3.44. The summed E-state index contributed by atoms with van der Waals surface area (Å²) in [7, 11) is 0. The molecule has 0 saturated heterocycles. The zero-order chi connectivity index (χ0) is 28.6. The largest absolute Gasteiger partial charge is 0.428 e. The van der Waals surface area contributed by atoms with Crippen molar-refractivity contribution in [1.82, 2.24) is 4.98 Å². The Morgan fingerprint density at radius 3 is 1.58 bits per heavy atom. The van der Waals surface area contributed by atoms with Crippen LogP contribution in [0.4, 0.5) is 0 Å². The minimum Gasteiger partial charge on any atom is -0.235 e. The van der Waals surface area contributed by atoms with Gasteiger partial charge in [-0.2, -0.15) is 0 Å². The molecule has 0 radical (unpaired) electrons. The average Bonchev–Trinajstić information content (AvgIpc) is 3.54. The molecule has 0 saturated carbocycles. The second kappa shape index (κ2) is 10.7. The lowest BCUT2D eigenvalue weighted by Gasteiger charge is -2.05. The van der Waals surface area contributed by atoms with Gasteiger partial charge in [-0.05, 0) is 40.8 Å². The van der Waals surface area contributed by atoms with Gasteiger partial charge in [0.05, 0.1) is 10.2 Å². The summed E-state index contributed by atoms with van der Waals surface area (Å²) in [6.45, 7) is 0. The Balaban J connectivity index is 1.15. The molecule has 0 fully saturated rings. The summed E-state index contributed by atoms with van der Waals surface area (Å²) < 4.78 is 7.66. The molecule has 0 bridgehead atoms. The van der Waals surface area contributed by atoms with Crippen LogP contribution in [0.2, 0.25) is 0 Å². The Morgan fingerprint density at radius 1 is 0.442 bits per heavy atom. The van der Waals surface area contributed by atoms with E-state index < -0.39 is 0 Å². The van der Waals surface area contributed by atoms with Gasteiger partial charge in [0.2, 0.25) is 17.1 Å². The molecule has 43 heavy (non-hydrogen) atoms. The highest BCUT2D eigenvalue weighted by atomic mass is 32.1. The second-order valence-corrected chi connectivity index (χ2v) is 11.6. The first-order chi connectivity index (χ1) is 21.3. The Kier molecular flexibility index (Phi) is 6.28. The van der Waals surface area contributed by atoms with Crippen molar-refractivity contribution in [3.05, 3.63) is 165 Å². The normalized spacial score (nSPS) is 11.3. The van der Waals surface area contributed by atoms with Crippen LogP contribution in [-0.2, 0) is 0 Å². The first kappa shape index (κ1) is 25.2. The van der Waals surface area contributed by atoms with E-state index in [1.165, 1.54) is 26.6 Å². The van der Waals surface area contributed by atoms with E-state index in [1.807, 2.05) is 18.2 Å². The predicted octanol–water partition coefficient (Wildman–Crippen LogP) is 7.61. The van der Waals surface area contributed by atoms with Crippen molar-refractivity contribution in [3.63, 3.8) is 0 Å². The molecule has 5 heteroatoms. The number of rotatable bonds is 5. The third-order valence-electron chi connectivity index (χ3n) is 7.75. The third-order valence-corrected chi connectivity index (χ3v) is 8.82. The molecule has 2 aromatic heterocycles. The average molecular weight is 572 g/mol. The minimum absolute atomic E-state index is 1.06. The minimum atomic E-state index is 1.06. The van der Waals surface area contributed by atoms with Gasteiger partial charge in [-0.15, -0.1) is 11.3 Å². The highest BCUT2D eigenvalue weighted by Gasteiger charge is 2.24. The Hall–Kier alpha value is -5.52. The van der Waals surface area contributed by atoms with Crippen LogP contribution in [0.25, 0.3) is 59.7 Å². The predicted molar refractivity (Wildman–Crippen MR) is 173 cm³/mol. The molecule has 0 spiro atoms. The van der Waals surface area contributed by atoms with Gasteiger partial charge in [0.1, 0.15) is 5.01 Å². The Labute approximate surface area is 253 Å². The maximum atomic E-state index is 5.03. The monoisotopic (exact) mass is 571 g/mol. The van der Waals surface area contributed by atoms with Crippen molar-refractivity contribution in [2.75, 3.05) is 0 Å². The quantitative estimate of drug-likeness (QED) is 0.195. The molecule has 0 unspecified atom stereocenters. The molecule has 0 aliphatic carbocycles. The molecule has 0 aliphatic heterocycles. The van der Waals surface area contributed by atoms with Crippen LogP contribution in [0.1, 0.15) is 0 Å². The highest BCUT2D eigenvalue weighted by molar-refractivity contribution is 7.21. The molecular formula is C38H27N4S+3. The van der Waals surface area contributed by atoms with E-state index in [0.717, 1.165) is 33.1 Å². The smallest absolute Gasteiger partial charge is 0.235 e. The molecule has 0 amide bonds. The summed E-state index contributed by atoms with van der Waals surface area (Å²) in [6, 6.07) is 51.1. The Morgan fingerprint density at radius 2 is 0.977 bits per heavy atom. The van der Waals surface area contributed by atoms with E-state index in [1.54, 1.807) is 11.3 Å². The lowest BCUT2D eigenvalue weighted by atomic mass is 10.0. The summed E-state index contributed by atoms with van der Waals surface area (Å²) in [6.07, 6.45) is 6.33. The molecule has 8 aromatic rings. The van der Waals surface area contributed by atoms with Crippen molar-refractivity contribution in [2.24, 2.45) is 0 Å². The molecule has 2 heterocycles. The molecular weight excluding hydrogens is 545 g/mol. The number of hydrogen-bond acceptors (Lipinski definition) is 2. The molecule has 0 N–H and O–H groups in total. The van der Waals surface area contributed by atoms with Gasteiger partial charge in [-0.1, -0.05) is 98.6 Å². The van der Waals surface area contributed by atoms with Gasteiger partial charge < -0.3 is 0 Å². The van der Waals surface area contributed by atoms with Crippen LogP contribution in [-0.4, -0.2) is 4.98 Å². The van der Waals surface area contributed by atoms with Gasteiger partial charge in [-0.25, -0.2) is 4.98 Å². The molecule has 4 nitrogen and oxygen atoms in total. The summed E-state index contributed by atoms with van der Waals surface area (Å²) in [5.41, 5.74) is 7.87. The van der Waals surface area contributed by atoms with E-state index in [0.29, 0.717) is 0 Å². The van der Waals surface area contributed by atoms with E-state index >= 15 is 0 Å². The van der Waals surface area contributed by atoms with Gasteiger partial charge >= 0.3 is 19.0 Å². The van der Waals surface area contributed by atoms with Crippen LogP contribution in [0.15, 0.2) is 165 Å². The Bertz CT molecular complexity index is 2150. The standard InChI is InChI=1S/C38H27N4S/c1-4-10-29(11-5-1)38-39-37-35-22-18-30(24-31(35)19-23-36(37)43-38)28-16-20-34(21-17-28)42-26-40(32-12-6-2-7-13-32)25-41(27-42)33-14-8-3-9-15-33/h1-27H/q+3. The van der Waals surface area contributed by atoms with E-state index in [9.17, 15) is 0 Å². The molecule has 0 atom stereocenters. The maximum absolute atomic E-state index is 5.03. The number of nitrogens with zero attached hydrogens (tertiary/aromatic N) is 4. The second-order valence-electron chi connectivity index (χ2n) is 10.5. The fourth-order valence-corrected chi connectivity index (χ4v) is 6.51. The molecule has 202 valence electrons. The number of para-hydroxylation sites is 2. The summed E-state index contributed by atoms with van der Waals surface area (Å²) in [4.78, 5) is 5.03. The van der Waals surface area contributed by atoms with Crippen LogP contribution in [0.3, 0.4) is 0 Å². The van der Waals surface area contributed by atoms with Crippen LogP contribution in [0.5, 0.6) is 0 Å². The van der Waals surface area contributed by atoms with Crippen molar-refractivity contribution >= 4 is 32.3 Å². The van der Waals surface area contributed by atoms with Crippen molar-refractivity contribution < 1.29 is 13.7 Å². The van der Waals surface area contributed by atoms with Crippen LogP contribution in [0, 0.1) is 0 Å². The number of hydrogen-bond donors (Lipinski definition) is 0. The lowest BCUT2D eigenvalue weighted by Crippen LogP contribution is -2.55. The molecule has 8 rings (SSSR count). The van der Waals surface area contributed by atoms with E-state index in [2.05, 4.69) is 160 Å². The zero-order valence-corrected chi connectivity index (χ0v) is 24.1. The molecule has 6 aromatic carbocycles. The topological polar surface area (TPSA) is 24.5 Å². The van der Waals surface area contributed by atoms with Gasteiger partial charge in [-0.3, -0.25) is 0 Å². The number of fused-ring (bicyclic) bond motifs is 3. The van der Waals surface area contributed by atoms with Crippen molar-refractivity contribution in [2.45, 2.75) is 0 Å². The SMILES string of the molecule is c1ccc(-c2nc3c(ccc4cc(-c5ccc(-[n+]6c[n+](-c7ccccc7)c[n+](-c7ccccc7)c6)cc5)ccc43)s2)cc1. The fourth-order valence-electron chi connectivity index (χ4n) is 5.52. The molecule has 0 aliphatic rings. The number of benzene rings is 6. The highest BCUT2D eigenvalue weighted by Crippen LogP contribution is 2.35. The van der Waals surface area contributed by atoms with Gasteiger partial charge in [0, 0.05) is 47.3 Å². The van der Waals surface area contributed by atoms with Crippen molar-refractivity contribution in [3.8, 4) is 38.8 Å². The van der Waals surface area contributed by atoms with E-state index in [-0.39, 0.29) is 0 Å².